The molecule has 1 aromatic carbocycles. The van der Waals surface area contributed by atoms with Crippen molar-refractivity contribution in [2.75, 3.05) is 6.54 Å². The molecule has 0 aromatic heterocycles. The summed E-state index contributed by atoms with van der Waals surface area (Å²) in [6, 6.07) is 6.19. The van der Waals surface area contributed by atoms with Crippen molar-refractivity contribution >= 4 is 11.9 Å². The highest BCUT2D eigenvalue weighted by atomic mass is 16.4. The van der Waals surface area contributed by atoms with Crippen molar-refractivity contribution in [2.45, 2.75) is 32.6 Å². The molecule has 1 amide bonds. The third kappa shape index (κ3) is 3.56. The average Bonchev–Trinajstić information content (AvgIpc) is 2.83. The molecule has 0 heterocycles. The van der Waals surface area contributed by atoms with Crippen molar-refractivity contribution < 1.29 is 14.7 Å². The maximum atomic E-state index is 11.7. The summed E-state index contributed by atoms with van der Waals surface area (Å²) >= 11 is 0. The number of carboxylic acids is 1. The minimum absolute atomic E-state index is 0.119. The lowest BCUT2D eigenvalue weighted by atomic mass is 10.0. The summed E-state index contributed by atoms with van der Waals surface area (Å²) in [5, 5.41) is 11.4. The van der Waals surface area contributed by atoms with Gasteiger partial charge in [0, 0.05) is 6.54 Å². The Bertz CT molecular complexity index is 496. The van der Waals surface area contributed by atoms with Crippen molar-refractivity contribution in [1.29, 1.82) is 0 Å². The maximum Gasteiger partial charge on any atom is 0.308 e. The number of amides is 1. The summed E-state index contributed by atoms with van der Waals surface area (Å²) in [6.07, 6.45) is 3.75. The van der Waals surface area contributed by atoms with E-state index in [0.29, 0.717) is 6.42 Å². The van der Waals surface area contributed by atoms with Gasteiger partial charge in [-0.2, -0.15) is 0 Å². The summed E-state index contributed by atoms with van der Waals surface area (Å²) in [5.74, 6) is -1.56. The Morgan fingerprint density at radius 1 is 1.32 bits per heavy atom. The quantitative estimate of drug-likeness (QED) is 0.845. The van der Waals surface area contributed by atoms with Crippen LogP contribution in [0.1, 0.15) is 30.0 Å². The summed E-state index contributed by atoms with van der Waals surface area (Å²) in [6.45, 7) is 1.76. The molecule has 2 rings (SSSR count). The first-order chi connectivity index (χ1) is 9.06. The van der Waals surface area contributed by atoms with Gasteiger partial charge in [-0.15, -0.1) is 0 Å². The fraction of sp³-hybridized carbons (Fsp3) is 0.467. The predicted molar refractivity (Wildman–Crippen MR) is 72.0 cm³/mol. The number of carbonyl (C=O) groups is 2. The van der Waals surface area contributed by atoms with Gasteiger partial charge >= 0.3 is 5.97 Å². The Balaban J connectivity index is 1.87. The van der Waals surface area contributed by atoms with Gasteiger partial charge in [0.05, 0.1) is 12.3 Å². The maximum absolute atomic E-state index is 11.7. The molecule has 102 valence electrons. The van der Waals surface area contributed by atoms with Crippen LogP contribution in [0, 0.1) is 5.92 Å². The molecule has 1 aromatic rings. The van der Waals surface area contributed by atoms with E-state index in [-0.39, 0.29) is 12.5 Å². The van der Waals surface area contributed by atoms with Crippen LogP contribution >= 0.6 is 0 Å². The zero-order valence-corrected chi connectivity index (χ0v) is 11.1. The van der Waals surface area contributed by atoms with Gasteiger partial charge in [0.25, 0.3) is 0 Å². The number of fused-ring (bicyclic) bond motifs is 1. The molecule has 1 aliphatic carbocycles. The van der Waals surface area contributed by atoms with E-state index in [9.17, 15) is 9.59 Å². The second-order valence-electron chi connectivity index (χ2n) is 5.18. The molecule has 1 aliphatic rings. The van der Waals surface area contributed by atoms with E-state index in [4.69, 9.17) is 5.11 Å². The van der Waals surface area contributed by atoms with E-state index in [1.54, 1.807) is 6.92 Å². The van der Waals surface area contributed by atoms with E-state index in [2.05, 4.69) is 17.4 Å². The summed E-state index contributed by atoms with van der Waals surface area (Å²) in [4.78, 5) is 22.4. The third-order valence-electron chi connectivity index (χ3n) is 3.55. The van der Waals surface area contributed by atoms with Gasteiger partial charge in [0.1, 0.15) is 0 Å². The van der Waals surface area contributed by atoms with E-state index >= 15 is 0 Å². The zero-order valence-electron chi connectivity index (χ0n) is 11.1. The van der Waals surface area contributed by atoms with Crippen molar-refractivity contribution in [1.82, 2.24) is 5.32 Å². The molecular formula is C15H19NO3. The van der Waals surface area contributed by atoms with Crippen LogP contribution in [0.25, 0.3) is 0 Å². The Hall–Kier alpha value is -1.84. The van der Waals surface area contributed by atoms with Crippen LogP contribution in [-0.2, 0) is 28.9 Å². The summed E-state index contributed by atoms with van der Waals surface area (Å²) < 4.78 is 0. The van der Waals surface area contributed by atoms with Crippen LogP contribution in [0.2, 0.25) is 0 Å². The normalized spacial score (nSPS) is 14.8. The molecule has 4 nitrogen and oxygen atoms in total. The highest BCUT2D eigenvalue weighted by Gasteiger charge is 2.14. The molecule has 0 radical (unpaired) electrons. The molecule has 0 saturated heterocycles. The van der Waals surface area contributed by atoms with Crippen LogP contribution in [0.5, 0.6) is 0 Å². The fourth-order valence-corrected chi connectivity index (χ4v) is 2.34. The fourth-order valence-electron chi connectivity index (χ4n) is 2.34. The minimum Gasteiger partial charge on any atom is -0.481 e. The molecule has 1 unspecified atom stereocenters. The van der Waals surface area contributed by atoms with Crippen molar-refractivity contribution in [2.24, 2.45) is 5.92 Å². The lowest BCUT2D eigenvalue weighted by Gasteiger charge is -2.09. The summed E-state index contributed by atoms with van der Waals surface area (Å²) in [5.41, 5.74) is 3.74. The zero-order chi connectivity index (χ0) is 13.8. The van der Waals surface area contributed by atoms with Crippen LogP contribution in [0.4, 0.5) is 0 Å². The molecule has 0 bridgehead atoms. The number of hydrogen-bond donors (Lipinski definition) is 2. The topological polar surface area (TPSA) is 66.4 Å². The SMILES string of the molecule is CC(CNC(=O)Cc1ccc2c(c1)CCC2)C(=O)O. The summed E-state index contributed by atoms with van der Waals surface area (Å²) in [7, 11) is 0. The van der Waals surface area contributed by atoms with E-state index < -0.39 is 11.9 Å². The Labute approximate surface area is 112 Å². The highest BCUT2D eigenvalue weighted by Crippen LogP contribution is 2.22. The number of hydrogen-bond acceptors (Lipinski definition) is 2. The van der Waals surface area contributed by atoms with Crippen LogP contribution in [0.3, 0.4) is 0 Å². The first-order valence-electron chi connectivity index (χ1n) is 6.66. The molecule has 19 heavy (non-hydrogen) atoms. The van der Waals surface area contributed by atoms with Crippen molar-refractivity contribution in [3.63, 3.8) is 0 Å². The lowest BCUT2D eigenvalue weighted by Crippen LogP contribution is -2.32. The number of carbonyl (C=O) groups excluding carboxylic acids is 1. The van der Waals surface area contributed by atoms with Gasteiger partial charge in [-0.1, -0.05) is 25.1 Å². The number of benzene rings is 1. The van der Waals surface area contributed by atoms with Gasteiger partial charge in [-0.05, 0) is 36.0 Å². The highest BCUT2D eigenvalue weighted by molar-refractivity contribution is 5.79. The number of aryl methyl sites for hydroxylation is 2. The van der Waals surface area contributed by atoms with Crippen LogP contribution in [-0.4, -0.2) is 23.5 Å². The molecule has 0 saturated carbocycles. The standard InChI is InChI=1S/C15H19NO3/c1-10(15(18)19)9-16-14(17)8-11-5-6-12-3-2-4-13(12)7-11/h5-7,10H,2-4,8-9H2,1H3,(H,16,17)(H,18,19). The Morgan fingerprint density at radius 3 is 2.79 bits per heavy atom. The average molecular weight is 261 g/mol. The monoisotopic (exact) mass is 261 g/mol. The van der Waals surface area contributed by atoms with Crippen molar-refractivity contribution in [3.05, 3.63) is 34.9 Å². The molecule has 0 aliphatic heterocycles. The first-order valence-corrected chi connectivity index (χ1v) is 6.66. The first kappa shape index (κ1) is 13.6. The Morgan fingerprint density at radius 2 is 2.05 bits per heavy atom. The van der Waals surface area contributed by atoms with Gasteiger partial charge in [-0.25, -0.2) is 0 Å². The van der Waals surface area contributed by atoms with Crippen molar-refractivity contribution in [3.8, 4) is 0 Å². The smallest absolute Gasteiger partial charge is 0.308 e. The third-order valence-corrected chi connectivity index (χ3v) is 3.55. The molecule has 0 spiro atoms. The van der Waals surface area contributed by atoms with E-state index in [0.717, 1.165) is 18.4 Å². The predicted octanol–water partition coefficient (Wildman–Crippen LogP) is 1.55. The Kier molecular flexibility index (Phi) is 4.20. The largest absolute Gasteiger partial charge is 0.481 e. The van der Waals surface area contributed by atoms with Gasteiger partial charge in [0.2, 0.25) is 5.91 Å². The van der Waals surface area contributed by atoms with Crippen LogP contribution < -0.4 is 5.32 Å². The number of nitrogens with one attached hydrogen (secondary N) is 1. The molecule has 1 atom stereocenters. The molecule has 2 N–H and O–H groups in total. The van der Waals surface area contributed by atoms with E-state index in [1.165, 1.54) is 17.5 Å². The van der Waals surface area contributed by atoms with Crippen LogP contribution in [0.15, 0.2) is 18.2 Å². The number of carboxylic acid groups (broad SMARTS) is 1. The number of aliphatic carboxylic acids is 1. The lowest BCUT2D eigenvalue weighted by molar-refractivity contribution is -0.141. The minimum atomic E-state index is -0.891. The van der Waals surface area contributed by atoms with Gasteiger partial charge in [0.15, 0.2) is 0 Å². The second-order valence-corrected chi connectivity index (χ2v) is 5.18. The van der Waals surface area contributed by atoms with E-state index in [1.807, 2.05) is 6.07 Å². The number of rotatable bonds is 5. The molecule has 4 heteroatoms. The molecular weight excluding hydrogens is 242 g/mol. The molecule has 0 fully saturated rings. The van der Waals surface area contributed by atoms with Gasteiger partial charge in [-0.3, -0.25) is 9.59 Å². The second kappa shape index (κ2) is 5.87. The van der Waals surface area contributed by atoms with Gasteiger partial charge < -0.3 is 10.4 Å².